The zero-order chi connectivity index (χ0) is 16.3. The van der Waals surface area contributed by atoms with Crippen molar-refractivity contribution in [2.45, 2.75) is 0 Å². The number of thiophene rings is 2. The number of hydrogen-bond acceptors (Lipinski definition) is 6. The number of nitrogens with zero attached hydrogens (tertiary/aromatic N) is 4. The Hall–Kier alpha value is -2.84. The maximum Gasteiger partial charge on any atom is 0.297 e. The molecule has 0 aliphatic carbocycles. The SMILES string of the molecule is O=c1c2cc(-c3cccs3)nn2c(=O)c2cc(-c3cccs3)nn12. The van der Waals surface area contributed by atoms with E-state index >= 15 is 0 Å². The summed E-state index contributed by atoms with van der Waals surface area (Å²) in [7, 11) is 0. The fourth-order valence-corrected chi connectivity index (χ4v) is 4.05. The first-order valence-corrected chi connectivity index (χ1v) is 8.85. The van der Waals surface area contributed by atoms with E-state index < -0.39 is 0 Å². The number of fused-ring (bicyclic) bond motifs is 2. The molecule has 5 heterocycles. The van der Waals surface area contributed by atoms with Gasteiger partial charge in [-0.15, -0.1) is 22.7 Å². The molecule has 0 saturated heterocycles. The molecule has 0 radical (unpaired) electrons. The maximum atomic E-state index is 12.7. The van der Waals surface area contributed by atoms with Gasteiger partial charge in [0.15, 0.2) is 0 Å². The summed E-state index contributed by atoms with van der Waals surface area (Å²) in [5, 5.41) is 12.5. The molecule has 0 unspecified atom stereocenters. The molecule has 5 aromatic rings. The van der Waals surface area contributed by atoms with E-state index in [9.17, 15) is 9.59 Å². The Labute approximate surface area is 142 Å². The molecule has 0 aliphatic rings. The molecule has 0 atom stereocenters. The van der Waals surface area contributed by atoms with Gasteiger partial charge in [-0.05, 0) is 35.0 Å². The largest absolute Gasteiger partial charge is 0.297 e. The van der Waals surface area contributed by atoms with Crippen LogP contribution in [-0.4, -0.2) is 19.2 Å². The predicted molar refractivity (Wildman–Crippen MR) is 94.3 cm³/mol. The molecular weight excluding hydrogens is 344 g/mol. The average molecular weight is 352 g/mol. The van der Waals surface area contributed by atoms with Crippen molar-refractivity contribution in [2.75, 3.05) is 0 Å². The average Bonchev–Trinajstić information content (AvgIpc) is 3.39. The van der Waals surface area contributed by atoms with E-state index in [1.165, 1.54) is 31.7 Å². The number of rotatable bonds is 2. The smallest absolute Gasteiger partial charge is 0.265 e. The molecular formula is C16H8N4O2S2. The fourth-order valence-electron chi connectivity index (χ4n) is 2.68. The van der Waals surface area contributed by atoms with Crippen molar-refractivity contribution in [3.05, 3.63) is 67.9 Å². The summed E-state index contributed by atoms with van der Waals surface area (Å²) in [5.41, 5.74) is 1.01. The zero-order valence-electron chi connectivity index (χ0n) is 12.0. The highest BCUT2D eigenvalue weighted by molar-refractivity contribution is 7.13. The van der Waals surface area contributed by atoms with Crippen molar-refractivity contribution in [2.24, 2.45) is 0 Å². The van der Waals surface area contributed by atoms with Crippen molar-refractivity contribution in [3.8, 4) is 21.1 Å². The van der Waals surface area contributed by atoms with Gasteiger partial charge in [0.25, 0.3) is 11.1 Å². The van der Waals surface area contributed by atoms with Gasteiger partial charge in [0.2, 0.25) is 0 Å². The van der Waals surface area contributed by atoms with Crippen LogP contribution in [0.5, 0.6) is 0 Å². The van der Waals surface area contributed by atoms with E-state index in [1.807, 2.05) is 35.0 Å². The third kappa shape index (κ3) is 1.81. The second-order valence-electron chi connectivity index (χ2n) is 5.22. The molecule has 0 fully saturated rings. The molecule has 116 valence electrons. The van der Waals surface area contributed by atoms with Gasteiger partial charge in [-0.3, -0.25) is 9.59 Å². The Morgan fingerprint density at radius 1 is 0.750 bits per heavy atom. The highest BCUT2D eigenvalue weighted by atomic mass is 32.1. The second kappa shape index (κ2) is 4.83. The summed E-state index contributed by atoms with van der Waals surface area (Å²) in [5.74, 6) is 0. The third-order valence-electron chi connectivity index (χ3n) is 3.79. The van der Waals surface area contributed by atoms with Gasteiger partial charge in [0.1, 0.15) is 22.4 Å². The molecule has 0 spiro atoms. The van der Waals surface area contributed by atoms with Crippen LogP contribution in [0.25, 0.3) is 32.2 Å². The standard InChI is InChI=1S/C16H8N4O2S2/c21-15-11-7-9(13-3-1-5-23-13)17-19(11)16(22)12-8-10(18-20(12)15)14-4-2-6-24-14/h1-8H. The quantitative estimate of drug-likeness (QED) is 0.490. The lowest BCUT2D eigenvalue weighted by molar-refractivity contribution is 0.856. The molecule has 6 nitrogen and oxygen atoms in total. The van der Waals surface area contributed by atoms with Gasteiger partial charge in [-0.25, -0.2) is 0 Å². The van der Waals surface area contributed by atoms with Crippen molar-refractivity contribution in [3.63, 3.8) is 0 Å². The Kier molecular flexibility index (Phi) is 2.73. The first-order valence-electron chi connectivity index (χ1n) is 7.09. The maximum absolute atomic E-state index is 12.7. The van der Waals surface area contributed by atoms with E-state index in [-0.39, 0.29) is 22.2 Å². The van der Waals surface area contributed by atoms with Crippen LogP contribution in [0, 0.1) is 0 Å². The van der Waals surface area contributed by atoms with Crippen LogP contribution >= 0.6 is 22.7 Å². The lowest BCUT2D eigenvalue weighted by atomic mass is 10.3. The fraction of sp³-hybridized carbons (Fsp3) is 0. The molecule has 5 rings (SSSR count). The minimum absolute atomic E-state index is 0.233. The van der Waals surface area contributed by atoms with Crippen LogP contribution in [0.1, 0.15) is 0 Å². The van der Waals surface area contributed by atoms with Crippen LogP contribution in [0.3, 0.4) is 0 Å². The Bertz CT molecular complexity index is 1120. The van der Waals surface area contributed by atoms with Crippen LogP contribution < -0.4 is 11.1 Å². The summed E-state index contributed by atoms with van der Waals surface area (Å²) in [4.78, 5) is 27.3. The van der Waals surface area contributed by atoms with Crippen LogP contribution in [0.2, 0.25) is 0 Å². The lowest BCUT2D eigenvalue weighted by Crippen LogP contribution is -2.26. The Balaban J connectivity index is 1.84. The monoisotopic (exact) mass is 352 g/mol. The normalized spacial score (nSPS) is 11.7. The lowest BCUT2D eigenvalue weighted by Gasteiger charge is -1.92. The van der Waals surface area contributed by atoms with E-state index in [0.29, 0.717) is 11.4 Å². The first-order chi connectivity index (χ1) is 11.7. The molecule has 0 aliphatic heterocycles. The van der Waals surface area contributed by atoms with E-state index in [0.717, 1.165) is 9.75 Å². The van der Waals surface area contributed by atoms with Crippen LogP contribution in [-0.2, 0) is 0 Å². The molecule has 0 bridgehead atoms. The third-order valence-corrected chi connectivity index (χ3v) is 5.57. The minimum atomic E-state index is -0.345. The predicted octanol–water partition coefficient (Wildman–Crippen LogP) is 2.60. The molecule has 8 heteroatoms. The Morgan fingerprint density at radius 2 is 1.21 bits per heavy atom. The molecule has 0 saturated carbocycles. The summed E-state index contributed by atoms with van der Waals surface area (Å²) >= 11 is 3.02. The molecule has 0 aromatic carbocycles. The zero-order valence-corrected chi connectivity index (χ0v) is 13.7. The molecule has 5 aromatic heterocycles. The van der Waals surface area contributed by atoms with Gasteiger partial charge in [0, 0.05) is 0 Å². The van der Waals surface area contributed by atoms with Crippen molar-refractivity contribution in [1.29, 1.82) is 0 Å². The van der Waals surface area contributed by atoms with Gasteiger partial charge < -0.3 is 0 Å². The summed E-state index contributed by atoms with van der Waals surface area (Å²) in [6.07, 6.45) is 0. The Morgan fingerprint density at radius 3 is 1.58 bits per heavy atom. The van der Waals surface area contributed by atoms with Gasteiger partial charge >= 0.3 is 0 Å². The van der Waals surface area contributed by atoms with Gasteiger partial charge in [-0.1, -0.05) is 12.1 Å². The van der Waals surface area contributed by atoms with E-state index in [2.05, 4.69) is 10.2 Å². The van der Waals surface area contributed by atoms with Gasteiger partial charge in [-0.2, -0.15) is 19.2 Å². The highest BCUT2D eigenvalue weighted by Crippen LogP contribution is 2.25. The first kappa shape index (κ1) is 13.6. The van der Waals surface area contributed by atoms with Crippen molar-refractivity contribution in [1.82, 2.24) is 19.2 Å². The summed E-state index contributed by atoms with van der Waals surface area (Å²) in [6.45, 7) is 0. The van der Waals surface area contributed by atoms with E-state index in [4.69, 9.17) is 0 Å². The summed E-state index contributed by atoms with van der Waals surface area (Å²) < 4.78 is 2.35. The molecule has 0 amide bonds. The minimum Gasteiger partial charge on any atom is -0.265 e. The van der Waals surface area contributed by atoms with Crippen molar-refractivity contribution < 1.29 is 0 Å². The molecule has 24 heavy (non-hydrogen) atoms. The second-order valence-corrected chi connectivity index (χ2v) is 7.11. The number of hydrogen-bond donors (Lipinski definition) is 0. The van der Waals surface area contributed by atoms with Crippen LogP contribution in [0.15, 0.2) is 56.7 Å². The highest BCUT2D eigenvalue weighted by Gasteiger charge is 2.17. The summed E-state index contributed by atoms with van der Waals surface area (Å²) in [6, 6.07) is 10.9. The van der Waals surface area contributed by atoms with Crippen LogP contribution in [0.4, 0.5) is 0 Å². The van der Waals surface area contributed by atoms with Crippen molar-refractivity contribution >= 4 is 33.7 Å². The van der Waals surface area contributed by atoms with Gasteiger partial charge in [0.05, 0.1) is 9.75 Å². The molecule has 0 N–H and O–H groups in total. The number of aromatic nitrogens is 4. The van der Waals surface area contributed by atoms with E-state index in [1.54, 1.807) is 12.1 Å². The topological polar surface area (TPSA) is 68.7 Å².